The van der Waals surface area contributed by atoms with Crippen LogP contribution < -0.4 is 4.72 Å². The van der Waals surface area contributed by atoms with E-state index < -0.39 is 16.0 Å². The van der Waals surface area contributed by atoms with Crippen molar-refractivity contribution in [1.82, 2.24) is 19.9 Å². The highest BCUT2D eigenvalue weighted by atomic mass is 32.2. The Kier molecular flexibility index (Phi) is 5.16. The summed E-state index contributed by atoms with van der Waals surface area (Å²) in [7, 11) is -3.97. The van der Waals surface area contributed by atoms with E-state index >= 15 is 0 Å². The minimum Gasteiger partial charge on any atom is -0.423 e. The fourth-order valence-corrected chi connectivity index (χ4v) is 4.05. The molecular formula is C18H15FN4O3S2. The second kappa shape index (κ2) is 7.74. The van der Waals surface area contributed by atoms with Gasteiger partial charge in [-0.05, 0) is 23.3 Å². The molecule has 10 heteroatoms. The normalized spacial score (nSPS) is 11.9. The average Bonchev–Trinajstić information content (AvgIpc) is 3.33. The van der Waals surface area contributed by atoms with Crippen molar-refractivity contribution in [2.24, 2.45) is 0 Å². The third kappa shape index (κ3) is 4.24. The Morgan fingerprint density at radius 3 is 2.61 bits per heavy atom. The first-order chi connectivity index (χ1) is 13.5. The summed E-state index contributed by atoms with van der Waals surface area (Å²) in [5.41, 5.74) is 3.13. The molecule has 2 aromatic carbocycles. The van der Waals surface area contributed by atoms with E-state index in [2.05, 4.69) is 33.4 Å². The predicted molar refractivity (Wildman–Crippen MR) is 104 cm³/mol. The van der Waals surface area contributed by atoms with Crippen LogP contribution in [0.5, 0.6) is 0 Å². The molecule has 144 valence electrons. The second-order valence-electron chi connectivity index (χ2n) is 5.97. The van der Waals surface area contributed by atoms with Crippen molar-refractivity contribution < 1.29 is 17.2 Å². The lowest BCUT2D eigenvalue weighted by molar-refractivity contribution is 0.448. The van der Waals surface area contributed by atoms with Crippen LogP contribution in [0.3, 0.4) is 0 Å². The second-order valence-corrected chi connectivity index (χ2v) is 8.82. The van der Waals surface area contributed by atoms with E-state index in [1.807, 2.05) is 35.1 Å². The van der Waals surface area contributed by atoms with E-state index in [-0.39, 0.29) is 12.4 Å². The van der Waals surface area contributed by atoms with Gasteiger partial charge in [-0.25, -0.2) is 22.5 Å². The standard InChI is InChI=1S/C18H15FN4O3S2/c19-11-28(24,25)20-10-17-23-22-16(26-17)9-18-21-14-7-6-13(8-15(14)27-18)12-4-2-1-3-5-12/h1-8,20H,9-11H2. The molecule has 0 saturated heterocycles. The molecule has 0 atom stereocenters. The molecule has 0 radical (unpaired) electrons. The maximum absolute atomic E-state index is 12.3. The Bertz CT molecular complexity index is 1210. The molecule has 0 aliphatic rings. The summed E-state index contributed by atoms with van der Waals surface area (Å²) in [4.78, 5) is 4.58. The molecule has 4 aromatic rings. The van der Waals surface area contributed by atoms with Gasteiger partial charge in [-0.15, -0.1) is 21.5 Å². The summed E-state index contributed by atoms with van der Waals surface area (Å²) >= 11 is 1.53. The molecule has 0 saturated carbocycles. The van der Waals surface area contributed by atoms with Crippen molar-refractivity contribution in [3.63, 3.8) is 0 Å². The molecule has 2 aromatic heterocycles. The predicted octanol–water partition coefficient (Wildman–Crippen LogP) is 3.28. The smallest absolute Gasteiger partial charge is 0.241 e. The number of rotatable bonds is 7. The summed E-state index contributed by atoms with van der Waals surface area (Å²) in [6.07, 6.45) is 0.336. The Morgan fingerprint density at radius 1 is 1.04 bits per heavy atom. The van der Waals surface area contributed by atoms with Crippen molar-refractivity contribution in [1.29, 1.82) is 0 Å². The molecule has 0 fully saturated rings. The van der Waals surface area contributed by atoms with Crippen molar-refractivity contribution in [2.75, 3.05) is 6.01 Å². The van der Waals surface area contributed by atoms with Gasteiger partial charge in [-0.2, -0.15) is 0 Å². The molecule has 0 spiro atoms. The minimum absolute atomic E-state index is 0.0690. The number of nitrogens with one attached hydrogen (secondary N) is 1. The SMILES string of the molecule is O=S(=O)(CF)NCc1nnc(Cc2nc3ccc(-c4ccccc4)cc3s2)o1. The Hall–Kier alpha value is -2.69. The molecule has 2 heterocycles. The third-order valence-corrected chi connectivity index (χ3v) is 5.83. The van der Waals surface area contributed by atoms with Gasteiger partial charge < -0.3 is 4.42 Å². The number of sulfonamides is 1. The zero-order valence-electron chi connectivity index (χ0n) is 14.5. The van der Waals surface area contributed by atoms with E-state index in [9.17, 15) is 12.8 Å². The van der Waals surface area contributed by atoms with Crippen LogP contribution in [-0.4, -0.2) is 29.6 Å². The highest BCUT2D eigenvalue weighted by molar-refractivity contribution is 7.89. The molecule has 28 heavy (non-hydrogen) atoms. The molecular weight excluding hydrogens is 403 g/mol. The lowest BCUT2D eigenvalue weighted by Gasteiger charge is -2.00. The number of alkyl halides is 1. The Balaban J connectivity index is 1.49. The number of benzene rings is 2. The summed E-state index contributed by atoms with van der Waals surface area (Å²) < 4.78 is 43.0. The first-order valence-corrected chi connectivity index (χ1v) is 10.8. The minimum atomic E-state index is -3.97. The summed E-state index contributed by atoms with van der Waals surface area (Å²) in [6, 6.07) is 14.7. The largest absolute Gasteiger partial charge is 0.423 e. The van der Waals surface area contributed by atoms with Gasteiger partial charge in [-0.1, -0.05) is 36.4 Å². The van der Waals surface area contributed by atoms with Crippen LogP contribution in [-0.2, 0) is 23.0 Å². The number of nitrogens with zero attached hydrogens (tertiary/aromatic N) is 3. The number of halogens is 1. The van der Waals surface area contributed by atoms with Gasteiger partial charge in [0.2, 0.25) is 27.8 Å². The first kappa shape index (κ1) is 18.7. The van der Waals surface area contributed by atoms with Crippen LogP contribution in [0.15, 0.2) is 52.9 Å². The van der Waals surface area contributed by atoms with E-state index in [0.717, 1.165) is 26.4 Å². The highest BCUT2D eigenvalue weighted by Crippen LogP contribution is 2.29. The van der Waals surface area contributed by atoms with Crippen molar-refractivity contribution in [3.05, 3.63) is 65.3 Å². The van der Waals surface area contributed by atoms with Crippen molar-refractivity contribution in [3.8, 4) is 11.1 Å². The van der Waals surface area contributed by atoms with Crippen LogP contribution in [0.4, 0.5) is 4.39 Å². The number of fused-ring (bicyclic) bond motifs is 1. The fraction of sp³-hybridized carbons (Fsp3) is 0.167. The number of hydrogen-bond acceptors (Lipinski definition) is 7. The summed E-state index contributed by atoms with van der Waals surface area (Å²) in [5.74, 6) is 0.385. The Morgan fingerprint density at radius 2 is 1.82 bits per heavy atom. The lowest BCUT2D eigenvalue weighted by Crippen LogP contribution is -2.24. The van der Waals surface area contributed by atoms with Crippen LogP contribution >= 0.6 is 11.3 Å². The number of thiazole rings is 1. The molecule has 4 rings (SSSR count). The Labute approximate surface area is 164 Å². The third-order valence-electron chi connectivity index (χ3n) is 3.94. The van der Waals surface area contributed by atoms with Gasteiger partial charge in [-0.3, -0.25) is 0 Å². The topological polar surface area (TPSA) is 98.0 Å². The zero-order chi connectivity index (χ0) is 19.6. The van der Waals surface area contributed by atoms with Crippen molar-refractivity contribution in [2.45, 2.75) is 13.0 Å². The summed E-state index contributed by atoms with van der Waals surface area (Å²) in [6.45, 7) is -0.250. The van der Waals surface area contributed by atoms with E-state index in [1.165, 1.54) is 11.3 Å². The van der Waals surface area contributed by atoms with Crippen LogP contribution in [0.25, 0.3) is 21.3 Å². The fourth-order valence-electron chi connectivity index (χ4n) is 2.63. The molecule has 1 N–H and O–H groups in total. The molecule has 0 amide bonds. The number of hydrogen-bond donors (Lipinski definition) is 1. The summed E-state index contributed by atoms with van der Waals surface area (Å²) in [5, 5.41) is 8.47. The van der Waals surface area contributed by atoms with Gasteiger partial charge in [0.25, 0.3) is 0 Å². The van der Waals surface area contributed by atoms with Gasteiger partial charge in [0, 0.05) is 0 Å². The van der Waals surface area contributed by atoms with Crippen LogP contribution in [0.2, 0.25) is 0 Å². The van der Waals surface area contributed by atoms with Gasteiger partial charge in [0.05, 0.1) is 23.2 Å². The maximum atomic E-state index is 12.3. The highest BCUT2D eigenvalue weighted by Gasteiger charge is 2.14. The van der Waals surface area contributed by atoms with Crippen LogP contribution in [0, 0.1) is 0 Å². The first-order valence-electron chi connectivity index (χ1n) is 8.32. The van der Waals surface area contributed by atoms with Crippen molar-refractivity contribution >= 4 is 31.6 Å². The van der Waals surface area contributed by atoms with E-state index in [1.54, 1.807) is 0 Å². The van der Waals surface area contributed by atoms with Gasteiger partial charge >= 0.3 is 0 Å². The van der Waals surface area contributed by atoms with E-state index in [4.69, 9.17) is 4.42 Å². The molecule has 0 bridgehead atoms. The molecule has 0 unspecified atom stereocenters. The van der Waals surface area contributed by atoms with Gasteiger partial charge in [0.15, 0.2) is 0 Å². The lowest BCUT2D eigenvalue weighted by atomic mass is 10.1. The monoisotopic (exact) mass is 418 g/mol. The van der Waals surface area contributed by atoms with E-state index in [0.29, 0.717) is 12.3 Å². The quantitative estimate of drug-likeness (QED) is 0.495. The molecule has 7 nitrogen and oxygen atoms in total. The molecule has 0 aliphatic carbocycles. The van der Waals surface area contributed by atoms with Crippen LogP contribution in [0.1, 0.15) is 16.8 Å². The average molecular weight is 418 g/mol. The maximum Gasteiger partial charge on any atom is 0.241 e. The molecule has 0 aliphatic heterocycles. The number of aromatic nitrogens is 3. The van der Waals surface area contributed by atoms with Gasteiger partial charge in [0.1, 0.15) is 5.01 Å². The zero-order valence-corrected chi connectivity index (χ0v) is 16.1.